The summed E-state index contributed by atoms with van der Waals surface area (Å²) >= 11 is 1.64. The SMILES string of the molecule is NC(Cc1cccs1)C1CCCCS1(=O)=O. The number of rotatable bonds is 3. The minimum Gasteiger partial charge on any atom is -0.326 e. The predicted octanol–water partition coefficient (Wildman–Crippen LogP) is 1.59. The van der Waals surface area contributed by atoms with Gasteiger partial charge in [0.05, 0.1) is 11.0 Å². The third kappa shape index (κ3) is 2.64. The molecular formula is C11H17NO2S2. The van der Waals surface area contributed by atoms with Crippen molar-refractivity contribution in [3.63, 3.8) is 0 Å². The van der Waals surface area contributed by atoms with E-state index in [1.54, 1.807) is 11.3 Å². The van der Waals surface area contributed by atoms with Crippen LogP contribution in [0.25, 0.3) is 0 Å². The zero-order chi connectivity index (χ0) is 11.6. The summed E-state index contributed by atoms with van der Waals surface area (Å²) in [7, 11) is -2.95. The first-order chi connectivity index (χ1) is 7.59. The fraction of sp³-hybridized carbons (Fsp3) is 0.636. The van der Waals surface area contributed by atoms with Crippen LogP contribution >= 0.6 is 11.3 Å². The van der Waals surface area contributed by atoms with Gasteiger partial charge >= 0.3 is 0 Å². The lowest BCUT2D eigenvalue weighted by Gasteiger charge is -2.27. The van der Waals surface area contributed by atoms with E-state index in [2.05, 4.69) is 0 Å². The number of thiophene rings is 1. The third-order valence-electron chi connectivity index (χ3n) is 3.12. The maximum atomic E-state index is 11.9. The van der Waals surface area contributed by atoms with Gasteiger partial charge < -0.3 is 5.73 Å². The first-order valence-electron chi connectivity index (χ1n) is 5.59. The second-order valence-electron chi connectivity index (χ2n) is 4.35. The van der Waals surface area contributed by atoms with Crippen LogP contribution in [-0.4, -0.2) is 25.5 Å². The lowest BCUT2D eigenvalue weighted by atomic mass is 10.0. The van der Waals surface area contributed by atoms with Crippen LogP contribution < -0.4 is 5.73 Å². The molecule has 0 spiro atoms. The number of nitrogens with two attached hydrogens (primary N) is 1. The molecule has 0 aromatic carbocycles. The first-order valence-corrected chi connectivity index (χ1v) is 8.18. The van der Waals surface area contributed by atoms with Crippen molar-refractivity contribution in [1.82, 2.24) is 0 Å². The van der Waals surface area contributed by atoms with Gasteiger partial charge in [0.25, 0.3) is 0 Å². The molecule has 0 aliphatic carbocycles. The molecule has 2 atom stereocenters. The maximum Gasteiger partial charge on any atom is 0.154 e. The molecule has 1 aromatic heterocycles. The summed E-state index contributed by atoms with van der Waals surface area (Å²) in [4.78, 5) is 1.17. The molecule has 1 aliphatic rings. The highest BCUT2D eigenvalue weighted by molar-refractivity contribution is 7.92. The van der Waals surface area contributed by atoms with Crippen molar-refractivity contribution in [2.75, 3.05) is 5.75 Å². The predicted molar refractivity (Wildman–Crippen MR) is 67.4 cm³/mol. The summed E-state index contributed by atoms with van der Waals surface area (Å²) in [5.41, 5.74) is 6.04. The van der Waals surface area contributed by atoms with Crippen molar-refractivity contribution in [1.29, 1.82) is 0 Å². The Balaban J connectivity index is 2.06. The van der Waals surface area contributed by atoms with Gasteiger partial charge in [-0.2, -0.15) is 0 Å². The summed E-state index contributed by atoms with van der Waals surface area (Å²) in [6, 6.07) is 3.74. The molecule has 5 heteroatoms. The summed E-state index contributed by atoms with van der Waals surface area (Å²) in [5, 5.41) is 1.67. The normalized spacial score (nSPS) is 26.4. The average molecular weight is 259 g/mol. The highest BCUT2D eigenvalue weighted by atomic mass is 32.2. The van der Waals surface area contributed by atoms with E-state index in [1.807, 2.05) is 17.5 Å². The van der Waals surface area contributed by atoms with Crippen LogP contribution in [-0.2, 0) is 16.3 Å². The van der Waals surface area contributed by atoms with Crippen LogP contribution in [0.5, 0.6) is 0 Å². The fourth-order valence-electron chi connectivity index (χ4n) is 2.25. The van der Waals surface area contributed by atoms with Crippen molar-refractivity contribution in [2.24, 2.45) is 5.73 Å². The zero-order valence-electron chi connectivity index (χ0n) is 9.13. The highest BCUT2D eigenvalue weighted by Gasteiger charge is 2.33. The number of sulfone groups is 1. The molecule has 2 unspecified atom stereocenters. The Labute approximate surface area is 101 Å². The molecular weight excluding hydrogens is 242 g/mol. The van der Waals surface area contributed by atoms with Gasteiger partial charge in [-0.05, 0) is 30.7 Å². The van der Waals surface area contributed by atoms with E-state index < -0.39 is 9.84 Å². The van der Waals surface area contributed by atoms with Gasteiger partial charge in [0.15, 0.2) is 9.84 Å². The minimum absolute atomic E-state index is 0.246. The van der Waals surface area contributed by atoms with Gasteiger partial charge in [0, 0.05) is 10.9 Å². The Morgan fingerprint density at radius 1 is 1.50 bits per heavy atom. The second-order valence-corrected chi connectivity index (χ2v) is 7.72. The van der Waals surface area contributed by atoms with E-state index in [0.29, 0.717) is 12.2 Å². The molecule has 90 valence electrons. The molecule has 2 N–H and O–H groups in total. The van der Waals surface area contributed by atoms with Crippen LogP contribution in [0.4, 0.5) is 0 Å². The molecule has 0 amide bonds. The van der Waals surface area contributed by atoms with Crippen LogP contribution in [0, 0.1) is 0 Å². The van der Waals surface area contributed by atoms with Crippen LogP contribution in [0.1, 0.15) is 24.1 Å². The monoisotopic (exact) mass is 259 g/mol. The molecule has 1 saturated heterocycles. The van der Waals surface area contributed by atoms with Gasteiger partial charge in [0.1, 0.15) is 0 Å². The minimum atomic E-state index is -2.95. The van der Waals surface area contributed by atoms with E-state index in [1.165, 1.54) is 4.88 Å². The van der Waals surface area contributed by atoms with E-state index >= 15 is 0 Å². The largest absolute Gasteiger partial charge is 0.326 e. The molecule has 1 aromatic rings. The van der Waals surface area contributed by atoms with E-state index in [-0.39, 0.29) is 11.3 Å². The number of hydrogen-bond donors (Lipinski definition) is 1. The standard InChI is InChI=1S/C11H17NO2S2/c12-10(8-9-4-3-6-15-9)11-5-1-2-7-16(11,13)14/h3-4,6,10-11H,1-2,5,7-8,12H2. The van der Waals surface area contributed by atoms with Crippen LogP contribution in [0.2, 0.25) is 0 Å². The molecule has 2 rings (SSSR count). The van der Waals surface area contributed by atoms with E-state index in [4.69, 9.17) is 5.73 Å². The molecule has 1 aliphatic heterocycles. The molecule has 16 heavy (non-hydrogen) atoms. The van der Waals surface area contributed by atoms with Crippen molar-refractivity contribution in [2.45, 2.75) is 37.0 Å². The van der Waals surface area contributed by atoms with E-state index in [9.17, 15) is 8.42 Å². The smallest absolute Gasteiger partial charge is 0.154 e. The lowest BCUT2D eigenvalue weighted by molar-refractivity contribution is 0.496. The summed E-state index contributed by atoms with van der Waals surface area (Å²) in [6.07, 6.45) is 3.20. The van der Waals surface area contributed by atoms with Crippen molar-refractivity contribution in [3.8, 4) is 0 Å². The van der Waals surface area contributed by atoms with Crippen molar-refractivity contribution in [3.05, 3.63) is 22.4 Å². The fourth-order valence-corrected chi connectivity index (χ4v) is 5.09. The van der Waals surface area contributed by atoms with Crippen LogP contribution in [0.15, 0.2) is 17.5 Å². The quantitative estimate of drug-likeness (QED) is 0.896. The lowest BCUT2D eigenvalue weighted by Crippen LogP contribution is -2.44. The topological polar surface area (TPSA) is 60.2 Å². The Morgan fingerprint density at radius 3 is 2.94 bits per heavy atom. The van der Waals surface area contributed by atoms with Gasteiger partial charge in [-0.15, -0.1) is 11.3 Å². The van der Waals surface area contributed by atoms with Crippen molar-refractivity contribution < 1.29 is 8.42 Å². The molecule has 0 saturated carbocycles. The zero-order valence-corrected chi connectivity index (χ0v) is 10.8. The number of hydrogen-bond acceptors (Lipinski definition) is 4. The highest BCUT2D eigenvalue weighted by Crippen LogP contribution is 2.24. The van der Waals surface area contributed by atoms with Gasteiger partial charge in [-0.25, -0.2) is 8.42 Å². The van der Waals surface area contributed by atoms with Gasteiger partial charge in [0.2, 0.25) is 0 Å². The van der Waals surface area contributed by atoms with E-state index in [0.717, 1.165) is 19.3 Å². The summed E-state index contributed by atoms with van der Waals surface area (Å²) < 4.78 is 23.8. The summed E-state index contributed by atoms with van der Waals surface area (Å²) in [5.74, 6) is 0.315. The maximum absolute atomic E-state index is 11.9. The molecule has 0 bridgehead atoms. The first kappa shape index (κ1) is 12.1. The van der Waals surface area contributed by atoms with Gasteiger partial charge in [-0.3, -0.25) is 0 Å². The van der Waals surface area contributed by atoms with Crippen molar-refractivity contribution >= 4 is 21.2 Å². The third-order valence-corrected chi connectivity index (χ3v) is 6.39. The molecule has 0 radical (unpaired) electrons. The molecule has 1 fully saturated rings. The Kier molecular flexibility index (Phi) is 3.66. The average Bonchev–Trinajstić information content (AvgIpc) is 2.69. The second kappa shape index (κ2) is 4.85. The molecule has 2 heterocycles. The Bertz CT molecular complexity index is 425. The Morgan fingerprint density at radius 2 is 2.31 bits per heavy atom. The van der Waals surface area contributed by atoms with Gasteiger partial charge in [-0.1, -0.05) is 12.5 Å². The summed E-state index contributed by atoms with van der Waals surface area (Å²) in [6.45, 7) is 0. The van der Waals surface area contributed by atoms with Crippen LogP contribution in [0.3, 0.4) is 0 Å². The molecule has 3 nitrogen and oxygen atoms in total. The Hall–Kier alpha value is -0.390.